The van der Waals surface area contributed by atoms with E-state index in [1.807, 2.05) is 0 Å². The summed E-state index contributed by atoms with van der Waals surface area (Å²) in [5.74, 6) is 0. The van der Waals surface area contributed by atoms with Crippen LogP contribution in [0.2, 0.25) is 0 Å². The maximum absolute atomic E-state index is 9.47. The Hall–Kier alpha value is -1.06. The summed E-state index contributed by atoms with van der Waals surface area (Å²) in [5, 5.41) is 2.71. The fourth-order valence-corrected chi connectivity index (χ4v) is 0.0636. The average molecular weight is 88.1 g/mol. The number of primary amides is 1. The maximum atomic E-state index is 9.47. The van der Waals surface area contributed by atoms with Crippen LogP contribution < -0.4 is 5.73 Å². The molecular formula is C2H4N2O2. The van der Waals surface area contributed by atoms with E-state index in [1.165, 1.54) is 0 Å². The molecule has 0 unspecified atom stereocenters. The van der Waals surface area contributed by atoms with Crippen LogP contribution in [0.25, 0.3) is 0 Å². The first-order valence-electron chi connectivity index (χ1n) is 1.20. The summed E-state index contributed by atoms with van der Waals surface area (Å²) < 4.78 is 0. The van der Waals surface area contributed by atoms with Gasteiger partial charge < -0.3 is 5.73 Å². The monoisotopic (exact) mass is 88.0 g/mol. The van der Waals surface area contributed by atoms with E-state index in [4.69, 9.17) is 0 Å². The largest absolute Gasteiger partial charge is 0.430 e. The van der Waals surface area contributed by atoms with Gasteiger partial charge in [-0.2, -0.15) is 0 Å². The third-order valence-corrected chi connectivity index (χ3v) is 0.155. The molecule has 0 aromatic rings. The summed E-state index contributed by atoms with van der Waals surface area (Å²) in [6.45, 7) is 2.83. The molecule has 0 aromatic carbocycles. The van der Waals surface area contributed by atoms with Crippen LogP contribution in [0.3, 0.4) is 0 Å². The summed E-state index contributed by atoms with van der Waals surface area (Å²) in [7, 11) is 0. The molecule has 34 valence electrons. The van der Waals surface area contributed by atoms with Crippen molar-refractivity contribution in [2.24, 2.45) is 10.9 Å². The minimum absolute atomic E-state index is 0.940. The summed E-state index contributed by atoms with van der Waals surface area (Å²) in [6.07, 6.45) is -0.940. The molecule has 0 aromatic heterocycles. The molecule has 1 amide bonds. The van der Waals surface area contributed by atoms with Gasteiger partial charge in [-0.3, -0.25) is 4.84 Å². The predicted octanol–water partition coefficient (Wildman–Crippen LogP) is -0.303. The quantitative estimate of drug-likeness (QED) is 0.271. The average Bonchev–Trinajstić information content (AvgIpc) is 1.35. The molecule has 0 saturated carbocycles. The van der Waals surface area contributed by atoms with Gasteiger partial charge in [-0.15, -0.1) is 0 Å². The predicted molar refractivity (Wildman–Crippen MR) is 20.2 cm³/mol. The Bertz CT molecular complexity index is 69.9. The topological polar surface area (TPSA) is 64.7 Å². The van der Waals surface area contributed by atoms with Gasteiger partial charge in [-0.1, -0.05) is 5.16 Å². The first kappa shape index (κ1) is 4.94. The molecule has 4 nitrogen and oxygen atoms in total. The number of rotatable bonds is 1. The maximum Gasteiger partial charge on any atom is 0.430 e. The van der Waals surface area contributed by atoms with E-state index in [1.54, 1.807) is 0 Å². The Labute approximate surface area is 34.6 Å². The standard InChI is InChI=1S/C2H4N2O2/c1-4-6-2(3)5/h1H2,(H2,3,5). The van der Waals surface area contributed by atoms with Crippen LogP contribution >= 0.6 is 0 Å². The third-order valence-electron chi connectivity index (χ3n) is 0.155. The van der Waals surface area contributed by atoms with Crippen molar-refractivity contribution in [1.29, 1.82) is 0 Å². The van der Waals surface area contributed by atoms with Gasteiger partial charge in [0.2, 0.25) is 0 Å². The molecule has 2 N–H and O–H groups in total. The highest BCUT2D eigenvalue weighted by atomic mass is 16.7. The first-order chi connectivity index (χ1) is 2.77. The van der Waals surface area contributed by atoms with Gasteiger partial charge in [-0.05, 0) is 0 Å². The Morgan fingerprint density at radius 3 is 2.50 bits per heavy atom. The van der Waals surface area contributed by atoms with Gasteiger partial charge in [0.25, 0.3) is 0 Å². The van der Waals surface area contributed by atoms with Crippen molar-refractivity contribution in [3.8, 4) is 0 Å². The van der Waals surface area contributed by atoms with Crippen molar-refractivity contribution in [3.05, 3.63) is 0 Å². The van der Waals surface area contributed by atoms with Crippen LogP contribution in [0, 0.1) is 0 Å². The summed E-state index contributed by atoms with van der Waals surface area (Å²) in [6, 6.07) is 0. The highest BCUT2D eigenvalue weighted by Gasteiger charge is 1.81. The molecule has 0 rings (SSSR count). The Morgan fingerprint density at radius 2 is 2.50 bits per heavy atom. The lowest BCUT2D eigenvalue weighted by atomic mass is 11.3. The molecule has 0 saturated heterocycles. The zero-order valence-electron chi connectivity index (χ0n) is 3.05. The molecule has 0 heterocycles. The SMILES string of the molecule is C=NOC(N)=O. The number of carbonyl (C=O) groups is 1. The normalized spacial score (nSPS) is 6.67. The molecule has 0 radical (unpaired) electrons. The molecule has 0 bridgehead atoms. The van der Waals surface area contributed by atoms with Crippen molar-refractivity contribution >= 4 is 12.8 Å². The number of hydrogen-bond donors (Lipinski definition) is 1. The highest BCUT2D eigenvalue weighted by Crippen LogP contribution is 1.65. The molecular weight excluding hydrogens is 84.0 g/mol. The van der Waals surface area contributed by atoms with Crippen molar-refractivity contribution in [2.45, 2.75) is 0 Å². The number of nitrogens with zero attached hydrogens (tertiary/aromatic N) is 1. The van der Waals surface area contributed by atoms with E-state index in [-0.39, 0.29) is 0 Å². The number of amides is 1. The Balaban J connectivity index is 3.05. The molecule has 0 fully saturated rings. The lowest BCUT2D eigenvalue weighted by Crippen LogP contribution is -2.08. The van der Waals surface area contributed by atoms with Crippen molar-refractivity contribution in [2.75, 3.05) is 0 Å². The fraction of sp³-hybridized carbons (Fsp3) is 0. The van der Waals surface area contributed by atoms with E-state index < -0.39 is 6.09 Å². The molecule has 0 aliphatic rings. The first-order valence-corrected chi connectivity index (χ1v) is 1.20. The summed E-state index contributed by atoms with van der Waals surface area (Å²) in [4.78, 5) is 13.2. The lowest BCUT2D eigenvalue weighted by Gasteiger charge is -1.80. The highest BCUT2D eigenvalue weighted by molar-refractivity contribution is 5.64. The van der Waals surface area contributed by atoms with E-state index in [2.05, 4.69) is 22.4 Å². The minimum Gasteiger partial charge on any atom is -0.333 e. The van der Waals surface area contributed by atoms with Crippen molar-refractivity contribution < 1.29 is 9.63 Å². The van der Waals surface area contributed by atoms with Crippen LogP contribution in [0.4, 0.5) is 4.79 Å². The Kier molecular flexibility index (Phi) is 1.81. The van der Waals surface area contributed by atoms with Gasteiger partial charge in [-0.25, -0.2) is 4.79 Å². The van der Waals surface area contributed by atoms with Gasteiger partial charge in [0, 0.05) is 6.72 Å². The van der Waals surface area contributed by atoms with E-state index in [0.717, 1.165) is 0 Å². The van der Waals surface area contributed by atoms with Gasteiger partial charge in [0.1, 0.15) is 0 Å². The molecule has 4 heteroatoms. The smallest absolute Gasteiger partial charge is 0.333 e. The molecule has 0 atom stereocenters. The van der Waals surface area contributed by atoms with E-state index in [9.17, 15) is 4.79 Å². The third kappa shape index (κ3) is 2.94. The fourth-order valence-electron chi connectivity index (χ4n) is 0.0636. The van der Waals surface area contributed by atoms with Crippen LogP contribution in [-0.2, 0) is 4.84 Å². The summed E-state index contributed by atoms with van der Waals surface area (Å²) >= 11 is 0. The van der Waals surface area contributed by atoms with E-state index >= 15 is 0 Å². The van der Waals surface area contributed by atoms with Crippen LogP contribution in [0.15, 0.2) is 5.16 Å². The molecule has 0 aliphatic heterocycles. The molecule has 0 spiro atoms. The number of hydrogen-bond acceptors (Lipinski definition) is 3. The zero-order chi connectivity index (χ0) is 4.99. The number of carbonyl (C=O) groups excluding carboxylic acids is 1. The minimum atomic E-state index is -0.940. The lowest BCUT2D eigenvalue weighted by molar-refractivity contribution is 0.163. The van der Waals surface area contributed by atoms with E-state index in [0.29, 0.717) is 0 Å². The number of nitrogens with two attached hydrogens (primary N) is 1. The van der Waals surface area contributed by atoms with Crippen LogP contribution in [0.5, 0.6) is 0 Å². The van der Waals surface area contributed by atoms with Crippen molar-refractivity contribution in [3.63, 3.8) is 0 Å². The molecule has 6 heavy (non-hydrogen) atoms. The Morgan fingerprint density at radius 1 is 2.00 bits per heavy atom. The van der Waals surface area contributed by atoms with Gasteiger partial charge >= 0.3 is 6.09 Å². The second-order valence-corrected chi connectivity index (χ2v) is 0.539. The van der Waals surface area contributed by atoms with Gasteiger partial charge in [0.05, 0.1) is 0 Å². The zero-order valence-corrected chi connectivity index (χ0v) is 3.05. The summed E-state index contributed by atoms with van der Waals surface area (Å²) in [5.41, 5.74) is 4.41. The van der Waals surface area contributed by atoms with Crippen molar-refractivity contribution in [1.82, 2.24) is 0 Å². The van der Waals surface area contributed by atoms with Gasteiger partial charge in [0.15, 0.2) is 0 Å². The number of oxime groups is 1. The molecule has 0 aliphatic carbocycles. The second-order valence-electron chi connectivity index (χ2n) is 0.539. The second kappa shape index (κ2) is 2.19. The van der Waals surface area contributed by atoms with Crippen LogP contribution in [0.1, 0.15) is 0 Å². The van der Waals surface area contributed by atoms with Crippen LogP contribution in [-0.4, -0.2) is 12.8 Å².